The Hall–Kier alpha value is -3.83. The van der Waals surface area contributed by atoms with Crippen molar-refractivity contribution in [3.63, 3.8) is 0 Å². The highest BCUT2D eigenvalue weighted by Gasteiger charge is 2.27. The number of oxime groups is 1. The highest BCUT2D eigenvalue weighted by Crippen LogP contribution is 2.18. The first kappa shape index (κ1) is 27.4. The van der Waals surface area contributed by atoms with Gasteiger partial charge in [0.2, 0.25) is 17.7 Å². The Bertz CT molecular complexity index is 920. The van der Waals surface area contributed by atoms with E-state index in [1.807, 2.05) is 11.8 Å². The summed E-state index contributed by atoms with van der Waals surface area (Å²) in [6.45, 7) is 4.42. The molecule has 0 aliphatic carbocycles. The van der Waals surface area contributed by atoms with Gasteiger partial charge < -0.3 is 36.1 Å². The highest BCUT2D eigenvalue weighted by molar-refractivity contribution is 5.97. The number of nitrogens with zero attached hydrogens (tertiary/aromatic N) is 3. The van der Waals surface area contributed by atoms with Crippen molar-refractivity contribution >= 4 is 35.2 Å². The number of carbonyl (C=O) groups is 4. The highest BCUT2D eigenvalue weighted by atomic mass is 16.5. The third kappa shape index (κ3) is 8.47. The number of hydrogen-bond acceptors (Lipinski definition) is 8. The van der Waals surface area contributed by atoms with Gasteiger partial charge in [-0.3, -0.25) is 14.4 Å². The van der Waals surface area contributed by atoms with Crippen LogP contribution in [-0.4, -0.2) is 85.0 Å². The van der Waals surface area contributed by atoms with Gasteiger partial charge in [-0.1, -0.05) is 18.5 Å². The van der Waals surface area contributed by atoms with Gasteiger partial charge in [0.1, 0.15) is 6.04 Å². The zero-order valence-corrected chi connectivity index (χ0v) is 20.2. The number of nitrogens with one attached hydrogen (secondary N) is 2. The maximum atomic E-state index is 12.6. The van der Waals surface area contributed by atoms with E-state index in [2.05, 4.69) is 15.8 Å². The largest absolute Gasteiger partial charge is 0.464 e. The molecule has 1 aromatic carbocycles. The van der Waals surface area contributed by atoms with Gasteiger partial charge >= 0.3 is 5.97 Å². The van der Waals surface area contributed by atoms with Crippen molar-refractivity contribution in [2.75, 3.05) is 44.2 Å². The van der Waals surface area contributed by atoms with E-state index in [1.54, 1.807) is 31.2 Å². The molecule has 12 heteroatoms. The SMILES string of the molecule is CCCCC(=O)NC(CNC(=O)CN1CCN(c2ccc(/C(N)=N\O)cc2)CC1=O)C(=O)OCC. The molecule has 0 bridgehead atoms. The molecule has 1 heterocycles. The van der Waals surface area contributed by atoms with Crippen molar-refractivity contribution in [2.45, 2.75) is 39.2 Å². The van der Waals surface area contributed by atoms with Crippen molar-refractivity contribution in [1.82, 2.24) is 15.5 Å². The number of rotatable bonds is 12. The summed E-state index contributed by atoms with van der Waals surface area (Å²) in [5.74, 6) is -1.58. The summed E-state index contributed by atoms with van der Waals surface area (Å²) in [7, 11) is 0. The minimum absolute atomic E-state index is 0.00539. The molecule has 35 heavy (non-hydrogen) atoms. The maximum absolute atomic E-state index is 12.6. The lowest BCUT2D eigenvalue weighted by molar-refractivity contribution is -0.147. The Balaban J connectivity index is 1.87. The van der Waals surface area contributed by atoms with Gasteiger partial charge in [-0.15, -0.1) is 0 Å². The second-order valence-electron chi connectivity index (χ2n) is 8.05. The van der Waals surface area contributed by atoms with Crippen LogP contribution in [-0.2, 0) is 23.9 Å². The second kappa shape index (κ2) is 13.8. The van der Waals surface area contributed by atoms with E-state index < -0.39 is 17.9 Å². The number of carbonyl (C=O) groups excluding carboxylic acids is 4. The number of amidine groups is 1. The van der Waals surface area contributed by atoms with Crippen LogP contribution in [0.1, 0.15) is 38.7 Å². The molecule has 12 nitrogen and oxygen atoms in total. The molecule has 0 aromatic heterocycles. The van der Waals surface area contributed by atoms with E-state index >= 15 is 0 Å². The predicted molar refractivity (Wildman–Crippen MR) is 129 cm³/mol. The first-order valence-electron chi connectivity index (χ1n) is 11.6. The molecule has 1 aromatic rings. The number of piperazine rings is 1. The molecule has 0 saturated carbocycles. The van der Waals surface area contributed by atoms with Gasteiger partial charge in [-0.2, -0.15) is 0 Å². The topological polar surface area (TPSA) is 167 Å². The molecule has 1 unspecified atom stereocenters. The average molecular weight is 491 g/mol. The van der Waals surface area contributed by atoms with Crippen LogP contribution in [0.5, 0.6) is 0 Å². The summed E-state index contributed by atoms with van der Waals surface area (Å²) in [6.07, 6.45) is 1.81. The molecule has 1 fully saturated rings. The Kier molecular flexibility index (Phi) is 10.8. The van der Waals surface area contributed by atoms with Crippen LogP contribution in [0.4, 0.5) is 5.69 Å². The van der Waals surface area contributed by atoms with Crippen molar-refractivity contribution in [1.29, 1.82) is 0 Å². The van der Waals surface area contributed by atoms with E-state index in [4.69, 9.17) is 15.7 Å². The third-order valence-electron chi connectivity index (χ3n) is 5.46. The van der Waals surface area contributed by atoms with Crippen molar-refractivity contribution in [3.8, 4) is 0 Å². The number of hydrogen-bond donors (Lipinski definition) is 4. The van der Waals surface area contributed by atoms with Crippen molar-refractivity contribution < 1.29 is 29.1 Å². The van der Waals surface area contributed by atoms with Crippen LogP contribution < -0.4 is 21.3 Å². The first-order chi connectivity index (χ1) is 16.8. The fraction of sp³-hybridized carbons (Fsp3) is 0.522. The summed E-state index contributed by atoms with van der Waals surface area (Å²) >= 11 is 0. The molecule has 3 amide bonds. The zero-order valence-electron chi connectivity index (χ0n) is 20.2. The van der Waals surface area contributed by atoms with Gasteiger partial charge in [0.25, 0.3) is 0 Å². The predicted octanol–water partition coefficient (Wildman–Crippen LogP) is -0.216. The van der Waals surface area contributed by atoms with Crippen LogP contribution in [0.25, 0.3) is 0 Å². The van der Waals surface area contributed by atoms with Gasteiger partial charge in [0, 0.05) is 37.3 Å². The monoisotopic (exact) mass is 490 g/mol. The van der Waals surface area contributed by atoms with Crippen LogP contribution in [0.15, 0.2) is 29.4 Å². The summed E-state index contributed by atoms with van der Waals surface area (Å²) in [4.78, 5) is 52.6. The van der Waals surface area contributed by atoms with Gasteiger partial charge in [-0.05, 0) is 37.6 Å². The number of ether oxygens (including phenoxy) is 1. The van der Waals surface area contributed by atoms with Crippen LogP contribution >= 0.6 is 0 Å². The van der Waals surface area contributed by atoms with Crippen molar-refractivity contribution in [2.24, 2.45) is 10.9 Å². The molecular formula is C23H34N6O6. The Morgan fingerprint density at radius 2 is 1.89 bits per heavy atom. The normalized spacial score (nSPS) is 14.9. The van der Waals surface area contributed by atoms with Crippen LogP contribution in [0.3, 0.4) is 0 Å². The molecule has 2 rings (SSSR count). The summed E-state index contributed by atoms with van der Waals surface area (Å²) < 4.78 is 4.99. The Morgan fingerprint density at radius 3 is 2.49 bits per heavy atom. The quantitative estimate of drug-likeness (QED) is 0.103. The minimum atomic E-state index is -0.997. The fourth-order valence-corrected chi connectivity index (χ4v) is 3.48. The van der Waals surface area contributed by atoms with Gasteiger partial charge in [0.05, 0.1) is 19.7 Å². The first-order valence-corrected chi connectivity index (χ1v) is 11.6. The van der Waals surface area contributed by atoms with Gasteiger partial charge in [0.15, 0.2) is 5.84 Å². The third-order valence-corrected chi connectivity index (χ3v) is 5.46. The number of nitrogens with two attached hydrogens (primary N) is 1. The van der Waals surface area contributed by atoms with E-state index in [0.717, 1.165) is 12.1 Å². The maximum Gasteiger partial charge on any atom is 0.330 e. The number of amides is 3. The van der Waals surface area contributed by atoms with E-state index in [9.17, 15) is 19.2 Å². The number of esters is 1. The smallest absolute Gasteiger partial charge is 0.330 e. The Morgan fingerprint density at radius 1 is 1.17 bits per heavy atom. The number of anilines is 1. The molecule has 1 aliphatic rings. The van der Waals surface area contributed by atoms with Crippen LogP contribution in [0, 0.1) is 0 Å². The molecule has 5 N–H and O–H groups in total. The number of unbranched alkanes of at least 4 members (excludes halogenated alkanes) is 1. The molecule has 1 saturated heterocycles. The molecular weight excluding hydrogens is 456 g/mol. The molecule has 0 radical (unpaired) electrons. The molecule has 1 atom stereocenters. The van der Waals surface area contributed by atoms with E-state index in [1.165, 1.54) is 4.90 Å². The number of benzene rings is 1. The molecule has 192 valence electrons. The summed E-state index contributed by atoms with van der Waals surface area (Å²) in [6, 6.07) is 5.93. The van der Waals surface area contributed by atoms with Gasteiger partial charge in [-0.25, -0.2) is 4.79 Å². The average Bonchev–Trinajstić information content (AvgIpc) is 2.86. The van der Waals surface area contributed by atoms with Crippen LogP contribution in [0.2, 0.25) is 0 Å². The zero-order chi connectivity index (χ0) is 25.8. The standard InChI is InChI=1S/C23H34N6O6/c1-3-5-6-19(30)26-18(23(33)35-4-2)13-25-20(31)14-29-12-11-28(15-21(29)32)17-9-7-16(8-10-17)22(24)27-34/h7-10,18,34H,3-6,11-15H2,1-2H3,(H2,24,27)(H,25,31)(H,26,30). The van der Waals surface area contributed by atoms with E-state index in [0.29, 0.717) is 25.1 Å². The lowest BCUT2D eigenvalue weighted by atomic mass is 10.1. The van der Waals surface area contributed by atoms with E-state index in [-0.39, 0.29) is 50.3 Å². The summed E-state index contributed by atoms with van der Waals surface area (Å²) in [5, 5.41) is 16.9. The molecule has 1 aliphatic heterocycles. The fourth-order valence-electron chi connectivity index (χ4n) is 3.48. The lowest BCUT2D eigenvalue weighted by Crippen LogP contribution is -2.54. The molecule has 0 spiro atoms. The van der Waals surface area contributed by atoms with Crippen molar-refractivity contribution in [3.05, 3.63) is 29.8 Å². The lowest BCUT2D eigenvalue weighted by Gasteiger charge is -2.35. The Labute approximate surface area is 204 Å². The summed E-state index contributed by atoms with van der Waals surface area (Å²) in [5.41, 5.74) is 6.92. The second-order valence-corrected chi connectivity index (χ2v) is 8.05. The minimum Gasteiger partial charge on any atom is -0.464 e.